The van der Waals surface area contributed by atoms with Crippen LogP contribution in [-0.4, -0.2) is 14.5 Å². The van der Waals surface area contributed by atoms with E-state index >= 15 is 0 Å². The van der Waals surface area contributed by atoms with Gasteiger partial charge in [0.25, 0.3) is 0 Å². The van der Waals surface area contributed by atoms with Crippen molar-refractivity contribution in [1.82, 2.24) is 14.5 Å². The molecule has 0 amide bonds. The molecule has 25 heavy (non-hydrogen) atoms. The SMILES string of the molecule is Cc1cccc(C)c1-c1ncc[c-]c1-c1nccn1CC(C)(C)C.[Ir]. The summed E-state index contributed by atoms with van der Waals surface area (Å²) in [4.78, 5) is 9.29. The van der Waals surface area contributed by atoms with Crippen molar-refractivity contribution in [2.45, 2.75) is 41.2 Å². The zero-order valence-electron chi connectivity index (χ0n) is 15.4. The van der Waals surface area contributed by atoms with Crippen LogP contribution >= 0.6 is 0 Å². The Hall–Kier alpha value is -1.77. The third-order valence-electron chi connectivity index (χ3n) is 4.04. The summed E-state index contributed by atoms with van der Waals surface area (Å²) in [6.45, 7) is 11.9. The molecule has 2 heterocycles. The summed E-state index contributed by atoms with van der Waals surface area (Å²) in [5, 5.41) is 0. The standard InChI is InChI=1S/C21H24N3.Ir/c1-15-8-6-9-16(2)18(15)19-17(10-7-11-22-19)20-23-12-13-24(20)14-21(3,4)5;/h6-9,11-13H,14H2,1-5H3;/q-1;. The Morgan fingerprint density at radius 1 is 1.04 bits per heavy atom. The van der Waals surface area contributed by atoms with Gasteiger partial charge in [-0.2, -0.15) is 0 Å². The quantitative estimate of drug-likeness (QED) is 0.461. The van der Waals surface area contributed by atoms with Gasteiger partial charge in [0.15, 0.2) is 0 Å². The average molecular weight is 511 g/mol. The van der Waals surface area contributed by atoms with Crippen LogP contribution < -0.4 is 0 Å². The van der Waals surface area contributed by atoms with Crippen molar-refractivity contribution in [2.24, 2.45) is 5.41 Å². The summed E-state index contributed by atoms with van der Waals surface area (Å²) in [6.07, 6.45) is 5.70. The normalized spacial score (nSPS) is 11.2. The minimum Gasteiger partial charge on any atom is -0.370 e. The molecule has 3 rings (SSSR count). The van der Waals surface area contributed by atoms with E-state index in [1.165, 1.54) is 16.7 Å². The maximum Gasteiger partial charge on any atom is 0.0578 e. The largest absolute Gasteiger partial charge is 0.370 e. The second kappa shape index (κ2) is 7.63. The van der Waals surface area contributed by atoms with Gasteiger partial charge in [-0.25, -0.2) is 0 Å². The first-order chi connectivity index (χ1) is 11.4. The van der Waals surface area contributed by atoms with E-state index in [2.05, 4.69) is 73.4 Å². The molecule has 3 nitrogen and oxygen atoms in total. The number of hydrogen-bond donors (Lipinski definition) is 0. The number of aromatic nitrogens is 3. The number of imidazole rings is 1. The Labute approximate surface area is 163 Å². The maximum atomic E-state index is 4.68. The molecule has 0 N–H and O–H groups in total. The van der Waals surface area contributed by atoms with Crippen LogP contribution in [0.5, 0.6) is 0 Å². The number of pyridine rings is 1. The van der Waals surface area contributed by atoms with Gasteiger partial charge in [-0.15, -0.1) is 12.1 Å². The van der Waals surface area contributed by atoms with E-state index in [0.29, 0.717) is 0 Å². The summed E-state index contributed by atoms with van der Waals surface area (Å²) in [6, 6.07) is 11.6. The predicted octanol–water partition coefficient (Wildman–Crippen LogP) is 5.07. The fourth-order valence-electron chi connectivity index (χ4n) is 3.09. The number of aryl methyl sites for hydroxylation is 2. The minimum absolute atomic E-state index is 0. The van der Waals surface area contributed by atoms with Gasteiger partial charge < -0.3 is 9.55 Å². The van der Waals surface area contributed by atoms with Crippen molar-refractivity contribution < 1.29 is 20.1 Å². The van der Waals surface area contributed by atoms with Gasteiger partial charge in [-0.1, -0.05) is 61.9 Å². The van der Waals surface area contributed by atoms with Gasteiger partial charge in [0.1, 0.15) is 0 Å². The monoisotopic (exact) mass is 511 g/mol. The molecule has 0 saturated heterocycles. The van der Waals surface area contributed by atoms with Crippen LogP contribution in [-0.2, 0) is 26.7 Å². The molecule has 0 spiro atoms. The first-order valence-corrected chi connectivity index (χ1v) is 8.31. The summed E-state index contributed by atoms with van der Waals surface area (Å²) in [5.74, 6) is 0.927. The Morgan fingerprint density at radius 2 is 1.72 bits per heavy atom. The molecule has 1 radical (unpaired) electrons. The van der Waals surface area contributed by atoms with Crippen molar-refractivity contribution in [1.29, 1.82) is 0 Å². The molecule has 0 bridgehead atoms. The van der Waals surface area contributed by atoms with E-state index in [9.17, 15) is 0 Å². The fraction of sp³-hybridized carbons (Fsp3) is 0.333. The predicted molar refractivity (Wildman–Crippen MR) is 98.7 cm³/mol. The molecule has 0 unspecified atom stereocenters. The second-order valence-electron chi connectivity index (χ2n) is 7.52. The van der Waals surface area contributed by atoms with Gasteiger partial charge in [0, 0.05) is 39.0 Å². The van der Waals surface area contributed by atoms with Crippen LogP contribution in [0.3, 0.4) is 0 Å². The molecule has 0 aliphatic carbocycles. The molecule has 4 heteroatoms. The number of benzene rings is 1. The van der Waals surface area contributed by atoms with Gasteiger partial charge in [0.05, 0.1) is 5.82 Å². The molecule has 2 aromatic heterocycles. The van der Waals surface area contributed by atoms with Crippen LogP contribution in [0.25, 0.3) is 22.6 Å². The summed E-state index contributed by atoms with van der Waals surface area (Å²) < 4.78 is 2.20. The maximum absolute atomic E-state index is 4.68. The van der Waals surface area contributed by atoms with Gasteiger partial charge in [-0.05, 0) is 30.5 Å². The van der Waals surface area contributed by atoms with Crippen molar-refractivity contribution in [2.75, 3.05) is 0 Å². The average Bonchev–Trinajstić information content (AvgIpc) is 2.93. The minimum atomic E-state index is 0. The molecule has 0 aliphatic rings. The van der Waals surface area contributed by atoms with Crippen molar-refractivity contribution in [3.8, 4) is 22.6 Å². The van der Waals surface area contributed by atoms with Crippen LogP contribution in [0.2, 0.25) is 0 Å². The summed E-state index contributed by atoms with van der Waals surface area (Å²) in [5.41, 5.74) is 5.71. The second-order valence-corrected chi connectivity index (χ2v) is 7.52. The molecular weight excluding hydrogens is 486 g/mol. The Morgan fingerprint density at radius 3 is 2.36 bits per heavy atom. The third-order valence-corrected chi connectivity index (χ3v) is 4.04. The first kappa shape index (κ1) is 19.6. The molecule has 0 saturated carbocycles. The van der Waals surface area contributed by atoms with Crippen LogP contribution in [0.15, 0.2) is 42.9 Å². The number of rotatable bonds is 3. The van der Waals surface area contributed by atoms with Crippen molar-refractivity contribution in [3.63, 3.8) is 0 Å². The fourth-order valence-corrected chi connectivity index (χ4v) is 3.09. The van der Waals surface area contributed by atoms with Gasteiger partial charge in [0.2, 0.25) is 0 Å². The first-order valence-electron chi connectivity index (χ1n) is 8.31. The smallest absolute Gasteiger partial charge is 0.0578 e. The van der Waals surface area contributed by atoms with E-state index in [0.717, 1.165) is 23.6 Å². The molecular formula is C21H24IrN3-. The van der Waals surface area contributed by atoms with E-state index in [1.54, 1.807) is 0 Å². The third kappa shape index (κ3) is 4.26. The number of hydrogen-bond acceptors (Lipinski definition) is 2. The van der Waals surface area contributed by atoms with Crippen LogP contribution in [0, 0.1) is 25.3 Å². The molecule has 0 aliphatic heterocycles. The summed E-state index contributed by atoms with van der Waals surface area (Å²) >= 11 is 0. The zero-order valence-corrected chi connectivity index (χ0v) is 17.8. The van der Waals surface area contributed by atoms with E-state index in [4.69, 9.17) is 0 Å². The molecule has 133 valence electrons. The Balaban J connectivity index is 0.00000225. The molecule has 1 aromatic carbocycles. The van der Waals surface area contributed by atoms with Crippen molar-refractivity contribution >= 4 is 0 Å². The molecule has 3 aromatic rings. The Kier molecular flexibility index (Phi) is 5.97. The van der Waals surface area contributed by atoms with E-state index in [1.807, 2.05) is 24.7 Å². The Bertz CT molecular complexity index is 839. The van der Waals surface area contributed by atoms with Crippen LogP contribution in [0.1, 0.15) is 31.9 Å². The van der Waals surface area contributed by atoms with E-state index in [-0.39, 0.29) is 25.5 Å². The zero-order chi connectivity index (χ0) is 17.3. The summed E-state index contributed by atoms with van der Waals surface area (Å²) in [7, 11) is 0. The van der Waals surface area contributed by atoms with Gasteiger partial charge in [-0.3, -0.25) is 4.98 Å². The topological polar surface area (TPSA) is 30.7 Å². The molecule has 0 fully saturated rings. The molecule has 0 atom stereocenters. The van der Waals surface area contributed by atoms with Crippen LogP contribution in [0.4, 0.5) is 0 Å². The van der Waals surface area contributed by atoms with Gasteiger partial charge >= 0.3 is 0 Å². The van der Waals surface area contributed by atoms with E-state index < -0.39 is 0 Å². The number of nitrogens with zero attached hydrogens (tertiary/aromatic N) is 3. The van der Waals surface area contributed by atoms with Crippen molar-refractivity contribution in [3.05, 3.63) is 60.0 Å².